The fourth-order valence-electron chi connectivity index (χ4n) is 4.41. The van der Waals surface area contributed by atoms with Gasteiger partial charge in [0.25, 0.3) is 5.79 Å². The van der Waals surface area contributed by atoms with Crippen LogP contribution in [0.4, 0.5) is 0 Å². The molecular formula is C20H25ClO11. The number of halogens is 1. The molecule has 2 saturated heterocycles. The number of esters is 1. The molecule has 2 heterocycles. The zero-order chi connectivity index (χ0) is 23.3. The van der Waals surface area contributed by atoms with Crippen molar-refractivity contribution >= 4 is 17.6 Å². The lowest BCUT2D eigenvalue weighted by atomic mass is 9.63. The normalized spacial score (nSPS) is 41.0. The van der Waals surface area contributed by atoms with Gasteiger partial charge in [0.05, 0.1) is 24.7 Å². The van der Waals surface area contributed by atoms with E-state index in [0.29, 0.717) is 18.4 Å². The predicted molar refractivity (Wildman–Crippen MR) is 104 cm³/mol. The van der Waals surface area contributed by atoms with Crippen molar-refractivity contribution in [3.05, 3.63) is 28.8 Å². The second kappa shape index (κ2) is 8.67. The van der Waals surface area contributed by atoms with Gasteiger partial charge in [-0.05, 0) is 18.9 Å². The summed E-state index contributed by atoms with van der Waals surface area (Å²) < 4.78 is 21.5. The summed E-state index contributed by atoms with van der Waals surface area (Å²) >= 11 is 6.59. The molecular weight excluding hydrogens is 452 g/mol. The molecule has 6 unspecified atom stereocenters. The molecule has 12 heteroatoms. The van der Waals surface area contributed by atoms with E-state index in [4.69, 9.17) is 40.3 Å². The van der Waals surface area contributed by atoms with Gasteiger partial charge in [-0.3, -0.25) is 4.79 Å². The van der Waals surface area contributed by atoms with Crippen molar-refractivity contribution in [2.45, 2.75) is 54.9 Å². The highest BCUT2D eigenvalue weighted by Crippen LogP contribution is 2.62. The van der Waals surface area contributed by atoms with E-state index in [1.807, 2.05) is 0 Å². The van der Waals surface area contributed by atoms with E-state index in [1.54, 1.807) is 12.1 Å². The Bertz CT molecular complexity index is 854. The highest BCUT2D eigenvalue weighted by molar-refractivity contribution is 6.33. The van der Waals surface area contributed by atoms with E-state index >= 15 is 0 Å². The maximum Gasteiger partial charge on any atom is 0.308 e. The lowest BCUT2D eigenvalue weighted by molar-refractivity contribution is -0.634. The summed E-state index contributed by atoms with van der Waals surface area (Å²) in [5.74, 6) is -2.07. The Morgan fingerprint density at radius 2 is 1.88 bits per heavy atom. The Kier molecular flexibility index (Phi) is 6.40. The van der Waals surface area contributed by atoms with Crippen LogP contribution < -0.4 is 4.74 Å². The number of carbonyl (C=O) groups excluding carboxylic acids is 1. The van der Waals surface area contributed by atoms with Gasteiger partial charge in [0.15, 0.2) is 5.60 Å². The second-order valence-corrected chi connectivity index (χ2v) is 8.42. The van der Waals surface area contributed by atoms with E-state index in [2.05, 4.69) is 0 Å². The highest BCUT2D eigenvalue weighted by Gasteiger charge is 2.73. The van der Waals surface area contributed by atoms with Crippen LogP contribution >= 0.6 is 11.6 Å². The molecule has 11 nitrogen and oxygen atoms in total. The SMILES string of the molecule is COC(=O)C1CC2(C1)OOC2(OC)c1cccc(OC2OC(CO)C(O)C(O)C2O)c1Cl. The minimum atomic E-state index is -1.61. The Hall–Kier alpha value is -1.54. The zero-order valence-electron chi connectivity index (χ0n) is 17.3. The minimum absolute atomic E-state index is 0.0653. The van der Waals surface area contributed by atoms with Crippen molar-refractivity contribution in [1.29, 1.82) is 0 Å². The molecule has 1 aromatic carbocycles. The van der Waals surface area contributed by atoms with Crippen LogP contribution in [0.2, 0.25) is 5.02 Å². The van der Waals surface area contributed by atoms with Gasteiger partial charge < -0.3 is 39.4 Å². The summed E-state index contributed by atoms with van der Waals surface area (Å²) in [5, 5.41) is 39.6. The average Bonchev–Trinajstić information content (AvgIpc) is 2.75. The number of hydrogen-bond acceptors (Lipinski definition) is 11. The summed E-state index contributed by atoms with van der Waals surface area (Å²) in [7, 11) is 2.73. The first kappa shape index (κ1) is 23.6. The van der Waals surface area contributed by atoms with Gasteiger partial charge in [0.2, 0.25) is 6.29 Å². The number of aliphatic hydroxyl groups is 4. The van der Waals surface area contributed by atoms with Crippen LogP contribution in [-0.2, 0) is 34.6 Å². The highest BCUT2D eigenvalue weighted by atomic mass is 35.5. The van der Waals surface area contributed by atoms with E-state index in [-0.39, 0.29) is 22.7 Å². The third-order valence-corrected chi connectivity index (χ3v) is 6.69. The first-order valence-electron chi connectivity index (χ1n) is 9.99. The van der Waals surface area contributed by atoms with Crippen molar-refractivity contribution in [3.63, 3.8) is 0 Å². The standard InChI is InChI=1S/C20H25ClO11/c1-27-17(26)9-6-19(7-9)20(28-2,32-31-19)10-4-3-5-11(13(10)21)29-18-16(25)15(24)14(23)12(8-22)30-18/h3-5,9,12,14-16,18,22-25H,6-8H2,1-2H3. The average molecular weight is 477 g/mol. The quantitative estimate of drug-likeness (QED) is 0.313. The van der Waals surface area contributed by atoms with Crippen LogP contribution in [0.25, 0.3) is 0 Å². The third kappa shape index (κ3) is 3.40. The summed E-state index contributed by atoms with van der Waals surface area (Å²) in [5.41, 5.74) is -0.593. The van der Waals surface area contributed by atoms with Gasteiger partial charge in [-0.2, -0.15) is 4.89 Å². The zero-order valence-corrected chi connectivity index (χ0v) is 18.1. The van der Waals surface area contributed by atoms with Gasteiger partial charge in [-0.25, -0.2) is 4.89 Å². The van der Waals surface area contributed by atoms with Crippen LogP contribution in [0, 0.1) is 5.92 Å². The van der Waals surface area contributed by atoms with E-state index in [9.17, 15) is 25.2 Å². The fraction of sp³-hybridized carbons (Fsp3) is 0.650. The molecule has 0 aromatic heterocycles. The molecule has 3 aliphatic rings. The van der Waals surface area contributed by atoms with Gasteiger partial charge in [-0.1, -0.05) is 23.7 Å². The first-order valence-corrected chi connectivity index (χ1v) is 10.4. The number of carbonyl (C=O) groups is 1. The van der Waals surface area contributed by atoms with Crippen molar-refractivity contribution < 1.29 is 53.9 Å². The number of rotatable bonds is 6. The summed E-state index contributed by atoms with van der Waals surface area (Å²) in [6.45, 7) is -0.597. The molecule has 1 aromatic rings. The summed E-state index contributed by atoms with van der Waals surface area (Å²) in [6, 6.07) is 4.75. The molecule has 32 heavy (non-hydrogen) atoms. The maximum atomic E-state index is 11.8. The number of methoxy groups -OCH3 is 2. The molecule has 1 aliphatic carbocycles. The molecule has 1 spiro atoms. The molecule has 0 radical (unpaired) electrons. The molecule has 0 amide bonds. The number of benzene rings is 1. The van der Waals surface area contributed by atoms with E-state index in [1.165, 1.54) is 20.3 Å². The third-order valence-electron chi connectivity index (χ3n) is 6.30. The molecule has 4 rings (SSSR count). The number of aliphatic hydroxyl groups excluding tert-OH is 4. The monoisotopic (exact) mass is 476 g/mol. The fourth-order valence-corrected chi connectivity index (χ4v) is 4.70. The van der Waals surface area contributed by atoms with E-state index < -0.39 is 48.7 Å². The minimum Gasteiger partial charge on any atom is -0.469 e. The van der Waals surface area contributed by atoms with Gasteiger partial charge >= 0.3 is 5.97 Å². The second-order valence-electron chi connectivity index (χ2n) is 8.04. The van der Waals surface area contributed by atoms with Crippen LogP contribution in [0.3, 0.4) is 0 Å². The van der Waals surface area contributed by atoms with Crippen molar-refractivity contribution in [2.75, 3.05) is 20.8 Å². The Labute approximate surface area is 188 Å². The lowest BCUT2D eigenvalue weighted by Crippen LogP contribution is -2.72. The van der Waals surface area contributed by atoms with Gasteiger partial charge in [0.1, 0.15) is 30.2 Å². The molecule has 1 saturated carbocycles. The number of ether oxygens (including phenoxy) is 4. The molecule has 6 atom stereocenters. The lowest BCUT2D eigenvalue weighted by Gasteiger charge is -2.61. The van der Waals surface area contributed by atoms with Crippen molar-refractivity contribution in [1.82, 2.24) is 0 Å². The Balaban J connectivity index is 1.58. The van der Waals surface area contributed by atoms with Crippen molar-refractivity contribution in [2.24, 2.45) is 5.92 Å². The molecule has 0 bridgehead atoms. The topological polar surface area (TPSA) is 153 Å². The first-order chi connectivity index (χ1) is 15.2. The summed E-state index contributed by atoms with van der Waals surface area (Å²) in [4.78, 5) is 22.6. The molecule has 4 N–H and O–H groups in total. The Morgan fingerprint density at radius 3 is 2.44 bits per heavy atom. The molecule has 2 aliphatic heterocycles. The smallest absolute Gasteiger partial charge is 0.308 e. The predicted octanol–water partition coefficient (Wildman–Crippen LogP) is -0.398. The van der Waals surface area contributed by atoms with Crippen molar-refractivity contribution in [3.8, 4) is 5.75 Å². The van der Waals surface area contributed by atoms with Gasteiger partial charge in [-0.15, -0.1) is 0 Å². The summed E-state index contributed by atoms with van der Waals surface area (Å²) in [6.07, 6.45) is -6.70. The van der Waals surface area contributed by atoms with Crippen LogP contribution in [0.15, 0.2) is 18.2 Å². The number of hydrogen-bond donors (Lipinski definition) is 4. The van der Waals surface area contributed by atoms with Gasteiger partial charge in [0, 0.05) is 12.7 Å². The molecule has 3 fully saturated rings. The van der Waals surface area contributed by atoms with Crippen LogP contribution in [-0.4, -0.2) is 83.5 Å². The van der Waals surface area contributed by atoms with Crippen LogP contribution in [0.1, 0.15) is 18.4 Å². The Morgan fingerprint density at radius 1 is 1.16 bits per heavy atom. The largest absolute Gasteiger partial charge is 0.469 e. The van der Waals surface area contributed by atoms with E-state index in [0.717, 1.165) is 0 Å². The molecule has 178 valence electrons. The maximum absolute atomic E-state index is 11.8. The van der Waals surface area contributed by atoms with Crippen LogP contribution in [0.5, 0.6) is 5.75 Å².